The molecular formula is C13H19ClN2O. The van der Waals surface area contributed by atoms with Crippen molar-refractivity contribution in [3.8, 4) is 5.75 Å². The second-order valence-corrected chi connectivity index (χ2v) is 4.78. The maximum absolute atomic E-state index is 6.24. The summed E-state index contributed by atoms with van der Waals surface area (Å²) in [5.41, 5.74) is 2.26. The van der Waals surface area contributed by atoms with E-state index in [0.717, 1.165) is 42.3 Å². The zero-order valence-electron chi connectivity index (χ0n) is 10.3. The van der Waals surface area contributed by atoms with Gasteiger partial charge in [0, 0.05) is 11.6 Å². The molecule has 1 unspecified atom stereocenters. The Bertz CT molecular complexity index is 395. The van der Waals surface area contributed by atoms with Gasteiger partial charge in [-0.25, -0.2) is 0 Å². The highest BCUT2D eigenvalue weighted by atomic mass is 35.5. The van der Waals surface area contributed by atoms with Gasteiger partial charge in [0.15, 0.2) is 0 Å². The molecule has 1 atom stereocenters. The maximum atomic E-state index is 6.24. The topological polar surface area (TPSA) is 33.3 Å². The van der Waals surface area contributed by atoms with E-state index < -0.39 is 0 Å². The molecule has 0 saturated heterocycles. The van der Waals surface area contributed by atoms with E-state index in [9.17, 15) is 0 Å². The molecule has 0 aromatic heterocycles. The molecule has 17 heavy (non-hydrogen) atoms. The van der Waals surface area contributed by atoms with Crippen LogP contribution in [0.15, 0.2) is 12.1 Å². The van der Waals surface area contributed by atoms with E-state index in [4.69, 9.17) is 16.3 Å². The molecule has 0 bridgehead atoms. The molecule has 1 aliphatic heterocycles. The second-order valence-electron chi connectivity index (χ2n) is 4.38. The summed E-state index contributed by atoms with van der Waals surface area (Å²) in [6.45, 7) is 1.02. The minimum atomic E-state index is 0.500. The fraction of sp³-hybridized carbons (Fsp3) is 0.538. The van der Waals surface area contributed by atoms with Crippen LogP contribution in [0.25, 0.3) is 0 Å². The van der Waals surface area contributed by atoms with Gasteiger partial charge in [-0.15, -0.1) is 0 Å². The Hall–Kier alpha value is -0.930. The Morgan fingerprint density at radius 2 is 2.35 bits per heavy atom. The van der Waals surface area contributed by atoms with E-state index in [-0.39, 0.29) is 0 Å². The van der Waals surface area contributed by atoms with Crippen LogP contribution < -0.4 is 15.4 Å². The van der Waals surface area contributed by atoms with Gasteiger partial charge in [-0.3, -0.25) is 0 Å². The van der Waals surface area contributed by atoms with E-state index in [2.05, 4.69) is 10.6 Å². The third-order valence-corrected chi connectivity index (χ3v) is 3.59. The molecule has 0 fully saturated rings. The van der Waals surface area contributed by atoms with Crippen LogP contribution in [-0.4, -0.2) is 26.7 Å². The van der Waals surface area contributed by atoms with Crippen LogP contribution in [-0.2, 0) is 6.42 Å². The lowest BCUT2D eigenvalue weighted by atomic mass is 9.95. The number of methoxy groups -OCH3 is 1. The van der Waals surface area contributed by atoms with E-state index in [1.165, 1.54) is 5.56 Å². The summed E-state index contributed by atoms with van der Waals surface area (Å²) >= 11 is 6.24. The third-order valence-electron chi connectivity index (χ3n) is 3.27. The van der Waals surface area contributed by atoms with Gasteiger partial charge in [-0.05, 0) is 45.0 Å². The first-order chi connectivity index (χ1) is 8.26. The van der Waals surface area contributed by atoms with Crippen molar-refractivity contribution in [3.63, 3.8) is 0 Å². The molecule has 0 amide bonds. The predicted molar refractivity (Wildman–Crippen MR) is 72.3 cm³/mol. The molecule has 0 spiro atoms. The molecule has 2 rings (SSSR count). The largest absolute Gasteiger partial charge is 0.496 e. The zero-order chi connectivity index (χ0) is 12.3. The summed E-state index contributed by atoms with van der Waals surface area (Å²) in [6.07, 6.45) is 3.27. The molecule has 1 aliphatic rings. The molecule has 1 aromatic carbocycles. The van der Waals surface area contributed by atoms with Gasteiger partial charge in [0.1, 0.15) is 5.75 Å². The lowest BCUT2D eigenvalue weighted by Gasteiger charge is -2.29. The monoisotopic (exact) mass is 254 g/mol. The molecule has 94 valence electrons. The van der Waals surface area contributed by atoms with Crippen LogP contribution in [0.4, 0.5) is 5.69 Å². The quantitative estimate of drug-likeness (QED) is 0.867. The number of hydrogen-bond donors (Lipinski definition) is 2. The molecule has 0 radical (unpaired) electrons. The van der Waals surface area contributed by atoms with Crippen molar-refractivity contribution < 1.29 is 4.74 Å². The number of ether oxygens (including phenoxy) is 1. The Labute approximate surface area is 107 Å². The lowest BCUT2D eigenvalue weighted by Crippen LogP contribution is -2.29. The van der Waals surface area contributed by atoms with Crippen molar-refractivity contribution in [2.24, 2.45) is 0 Å². The highest BCUT2D eigenvalue weighted by molar-refractivity contribution is 6.33. The number of halogens is 1. The first-order valence-corrected chi connectivity index (χ1v) is 6.40. The minimum Gasteiger partial charge on any atom is -0.496 e. The van der Waals surface area contributed by atoms with Crippen LogP contribution in [0.5, 0.6) is 5.75 Å². The molecule has 4 heteroatoms. The number of hydrogen-bond acceptors (Lipinski definition) is 3. The van der Waals surface area contributed by atoms with Crippen LogP contribution in [0.3, 0.4) is 0 Å². The van der Waals surface area contributed by atoms with Crippen molar-refractivity contribution in [2.75, 3.05) is 26.0 Å². The van der Waals surface area contributed by atoms with Crippen LogP contribution in [0.2, 0.25) is 5.02 Å². The fourth-order valence-electron chi connectivity index (χ4n) is 2.33. The summed E-state index contributed by atoms with van der Waals surface area (Å²) in [6, 6.07) is 4.34. The van der Waals surface area contributed by atoms with Gasteiger partial charge in [0.25, 0.3) is 0 Å². The second kappa shape index (κ2) is 5.61. The normalized spacial score (nSPS) is 18.4. The average molecular weight is 255 g/mol. The van der Waals surface area contributed by atoms with Crippen molar-refractivity contribution in [1.82, 2.24) is 5.32 Å². The first-order valence-electron chi connectivity index (χ1n) is 6.02. The smallest absolute Gasteiger partial charge is 0.124 e. The average Bonchev–Trinajstić information content (AvgIpc) is 2.37. The number of anilines is 1. The SMILES string of the molecule is CNCCC1CCc2c(OC)ccc(Cl)c2N1. The standard InChI is InChI=1S/C13H19ClN2O/c1-15-8-7-9-3-4-10-12(17-2)6-5-11(14)13(10)16-9/h5-6,9,15-16H,3-4,7-8H2,1-2H3. The highest BCUT2D eigenvalue weighted by Crippen LogP contribution is 2.38. The first kappa shape index (κ1) is 12.5. The zero-order valence-corrected chi connectivity index (χ0v) is 11.1. The lowest BCUT2D eigenvalue weighted by molar-refractivity contribution is 0.407. The number of nitrogens with one attached hydrogen (secondary N) is 2. The van der Waals surface area contributed by atoms with E-state index >= 15 is 0 Å². The van der Waals surface area contributed by atoms with Gasteiger partial charge < -0.3 is 15.4 Å². The summed E-state index contributed by atoms with van der Waals surface area (Å²) in [5.74, 6) is 0.934. The molecule has 0 aliphatic carbocycles. The predicted octanol–water partition coefficient (Wildman–Crippen LogP) is 2.68. The van der Waals surface area contributed by atoms with Crippen molar-refractivity contribution in [3.05, 3.63) is 22.7 Å². The highest BCUT2D eigenvalue weighted by Gasteiger charge is 2.22. The summed E-state index contributed by atoms with van der Waals surface area (Å²) in [4.78, 5) is 0. The van der Waals surface area contributed by atoms with Crippen molar-refractivity contribution >= 4 is 17.3 Å². The van der Waals surface area contributed by atoms with E-state index in [1.54, 1.807) is 7.11 Å². The Kier molecular flexibility index (Phi) is 4.13. The molecule has 1 aromatic rings. The van der Waals surface area contributed by atoms with Gasteiger partial charge in [0.2, 0.25) is 0 Å². The van der Waals surface area contributed by atoms with Crippen LogP contribution >= 0.6 is 11.6 Å². The number of rotatable bonds is 4. The van der Waals surface area contributed by atoms with Crippen molar-refractivity contribution in [2.45, 2.75) is 25.3 Å². The van der Waals surface area contributed by atoms with Crippen LogP contribution in [0, 0.1) is 0 Å². The van der Waals surface area contributed by atoms with E-state index in [0.29, 0.717) is 6.04 Å². The third kappa shape index (κ3) is 2.67. The van der Waals surface area contributed by atoms with Crippen molar-refractivity contribution in [1.29, 1.82) is 0 Å². The molecule has 0 saturated carbocycles. The Balaban J connectivity index is 2.19. The summed E-state index contributed by atoms with van der Waals surface area (Å²) < 4.78 is 5.37. The summed E-state index contributed by atoms with van der Waals surface area (Å²) in [7, 11) is 3.68. The molecule has 3 nitrogen and oxygen atoms in total. The Morgan fingerprint density at radius 1 is 1.53 bits per heavy atom. The minimum absolute atomic E-state index is 0.500. The maximum Gasteiger partial charge on any atom is 0.124 e. The summed E-state index contributed by atoms with van der Waals surface area (Å²) in [5, 5.41) is 7.49. The Morgan fingerprint density at radius 3 is 3.06 bits per heavy atom. The molecular weight excluding hydrogens is 236 g/mol. The molecule has 2 N–H and O–H groups in total. The van der Waals surface area contributed by atoms with Gasteiger partial charge in [-0.2, -0.15) is 0 Å². The van der Waals surface area contributed by atoms with Gasteiger partial charge in [0.05, 0.1) is 17.8 Å². The fourth-order valence-corrected chi connectivity index (χ4v) is 2.56. The molecule has 1 heterocycles. The van der Waals surface area contributed by atoms with Gasteiger partial charge in [-0.1, -0.05) is 11.6 Å². The van der Waals surface area contributed by atoms with Gasteiger partial charge >= 0.3 is 0 Å². The number of benzene rings is 1. The van der Waals surface area contributed by atoms with E-state index in [1.807, 2.05) is 19.2 Å². The van der Waals surface area contributed by atoms with Crippen LogP contribution in [0.1, 0.15) is 18.4 Å². The number of fused-ring (bicyclic) bond motifs is 1.